The topological polar surface area (TPSA) is 73.9 Å². The predicted molar refractivity (Wildman–Crippen MR) is 104 cm³/mol. The van der Waals surface area contributed by atoms with E-state index in [0.717, 1.165) is 11.1 Å². The Hall–Kier alpha value is -3.28. The van der Waals surface area contributed by atoms with Crippen molar-refractivity contribution in [1.82, 2.24) is 0 Å². The third-order valence-corrected chi connectivity index (χ3v) is 3.88. The van der Waals surface area contributed by atoms with Crippen LogP contribution in [0.1, 0.15) is 18.1 Å². The Balaban J connectivity index is 1.95. The molecule has 0 unspecified atom stereocenters. The van der Waals surface area contributed by atoms with Crippen LogP contribution in [0.3, 0.4) is 0 Å². The number of hydrogen-bond acceptors (Lipinski definition) is 5. The molecule has 6 heteroatoms. The number of esters is 1. The molecule has 0 saturated heterocycles. The van der Waals surface area contributed by atoms with Crippen LogP contribution in [-0.4, -0.2) is 32.2 Å². The standard InChI is InChI=1S/C21H23NO5/c1-14-7-5-6-8-17(14)22-21(24)15(2)27-20(23)12-10-16-9-11-18(25-3)19(13-16)26-4/h5-13,15H,1-4H3,(H,22,24)/b12-10+/t15-/m0/s1. The number of benzene rings is 2. The minimum atomic E-state index is -0.924. The van der Waals surface area contributed by atoms with Crippen molar-refractivity contribution in [2.45, 2.75) is 20.0 Å². The zero-order chi connectivity index (χ0) is 19.8. The Morgan fingerprint density at radius 1 is 1.04 bits per heavy atom. The number of carbonyl (C=O) groups is 2. The predicted octanol–water partition coefficient (Wildman–Crippen LogP) is 3.60. The third-order valence-electron chi connectivity index (χ3n) is 3.88. The van der Waals surface area contributed by atoms with Crippen LogP contribution < -0.4 is 14.8 Å². The molecule has 0 aliphatic rings. The van der Waals surface area contributed by atoms with E-state index in [0.29, 0.717) is 17.2 Å². The molecule has 2 rings (SSSR count). The van der Waals surface area contributed by atoms with Crippen LogP contribution in [0.4, 0.5) is 5.69 Å². The van der Waals surface area contributed by atoms with Gasteiger partial charge in [0.1, 0.15) is 0 Å². The van der Waals surface area contributed by atoms with E-state index >= 15 is 0 Å². The van der Waals surface area contributed by atoms with Gasteiger partial charge >= 0.3 is 5.97 Å². The lowest BCUT2D eigenvalue weighted by Crippen LogP contribution is -2.29. The van der Waals surface area contributed by atoms with Gasteiger partial charge in [-0.3, -0.25) is 4.79 Å². The second kappa shape index (κ2) is 9.43. The number of nitrogens with one attached hydrogen (secondary N) is 1. The Morgan fingerprint density at radius 2 is 1.74 bits per heavy atom. The molecule has 0 fully saturated rings. The molecular formula is C21H23NO5. The van der Waals surface area contributed by atoms with Crippen molar-refractivity contribution in [1.29, 1.82) is 0 Å². The number of methoxy groups -OCH3 is 2. The summed E-state index contributed by atoms with van der Waals surface area (Å²) in [7, 11) is 3.09. The molecule has 2 aromatic carbocycles. The summed E-state index contributed by atoms with van der Waals surface area (Å²) in [6, 6.07) is 12.6. The van der Waals surface area contributed by atoms with E-state index in [4.69, 9.17) is 14.2 Å². The van der Waals surface area contributed by atoms with Crippen molar-refractivity contribution in [3.63, 3.8) is 0 Å². The first kappa shape index (κ1) is 20.0. The number of ether oxygens (including phenoxy) is 3. The van der Waals surface area contributed by atoms with Gasteiger partial charge in [-0.15, -0.1) is 0 Å². The number of amides is 1. The highest BCUT2D eigenvalue weighted by Crippen LogP contribution is 2.28. The number of hydrogen-bond donors (Lipinski definition) is 1. The Kier molecular flexibility index (Phi) is 7.00. The minimum absolute atomic E-state index is 0.392. The first-order valence-electron chi connectivity index (χ1n) is 8.41. The van der Waals surface area contributed by atoms with Gasteiger partial charge in [0.05, 0.1) is 14.2 Å². The van der Waals surface area contributed by atoms with E-state index in [-0.39, 0.29) is 0 Å². The highest BCUT2D eigenvalue weighted by Gasteiger charge is 2.17. The van der Waals surface area contributed by atoms with Crippen molar-refractivity contribution in [3.05, 3.63) is 59.7 Å². The fraction of sp³-hybridized carbons (Fsp3) is 0.238. The van der Waals surface area contributed by atoms with E-state index in [1.54, 1.807) is 37.5 Å². The lowest BCUT2D eigenvalue weighted by Gasteiger charge is -2.13. The van der Waals surface area contributed by atoms with Gasteiger partial charge in [-0.1, -0.05) is 24.3 Å². The molecule has 0 spiro atoms. The third kappa shape index (κ3) is 5.60. The molecule has 0 aromatic heterocycles. The molecule has 1 amide bonds. The van der Waals surface area contributed by atoms with Crippen molar-refractivity contribution >= 4 is 23.6 Å². The fourth-order valence-corrected chi connectivity index (χ4v) is 2.34. The summed E-state index contributed by atoms with van der Waals surface area (Å²) >= 11 is 0. The van der Waals surface area contributed by atoms with Gasteiger partial charge in [0.2, 0.25) is 0 Å². The van der Waals surface area contributed by atoms with Crippen LogP contribution >= 0.6 is 0 Å². The molecular weight excluding hydrogens is 346 g/mol. The highest BCUT2D eigenvalue weighted by molar-refractivity contribution is 5.97. The quantitative estimate of drug-likeness (QED) is 0.596. The summed E-state index contributed by atoms with van der Waals surface area (Å²) < 4.78 is 15.5. The summed E-state index contributed by atoms with van der Waals surface area (Å²) in [5, 5.41) is 2.75. The molecule has 27 heavy (non-hydrogen) atoms. The number of anilines is 1. The van der Waals surface area contributed by atoms with Gasteiger partial charge in [0, 0.05) is 11.8 Å². The summed E-state index contributed by atoms with van der Waals surface area (Å²) in [6.45, 7) is 3.41. The molecule has 1 N–H and O–H groups in total. The summed E-state index contributed by atoms with van der Waals surface area (Å²) in [6.07, 6.45) is 1.92. The van der Waals surface area contributed by atoms with Crippen LogP contribution in [0.2, 0.25) is 0 Å². The van der Waals surface area contributed by atoms with Gasteiger partial charge in [0.15, 0.2) is 17.6 Å². The first-order valence-corrected chi connectivity index (χ1v) is 8.41. The van der Waals surface area contributed by atoms with Gasteiger partial charge in [0.25, 0.3) is 5.91 Å². The van der Waals surface area contributed by atoms with Crippen molar-refractivity contribution < 1.29 is 23.8 Å². The average Bonchev–Trinajstić information content (AvgIpc) is 2.67. The normalized spacial score (nSPS) is 11.7. The molecule has 0 heterocycles. The number of rotatable bonds is 7. The number of aryl methyl sites for hydroxylation is 1. The van der Waals surface area contributed by atoms with E-state index < -0.39 is 18.0 Å². The Bertz CT molecular complexity index is 844. The summed E-state index contributed by atoms with van der Waals surface area (Å²) in [5.41, 5.74) is 2.35. The van der Waals surface area contributed by atoms with Crippen LogP contribution in [0.25, 0.3) is 6.08 Å². The van der Waals surface area contributed by atoms with Crippen LogP contribution in [0.5, 0.6) is 11.5 Å². The molecule has 0 bridgehead atoms. The molecule has 6 nitrogen and oxygen atoms in total. The maximum Gasteiger partial charge on any atom is 0.331 e. The molecule has 0 aliphatic carbocycles. The Morgan fingerprint density at radius 3 is 2.41 bits per heavy atom. The molecule has 0 radical (unpaired) electrons. The van der Waals surface area contributed by atoms with E-state index in [2.05, 4.69) is 5.32 Å². The fourth-order valence-electron chi connectivity index (χ4n) is 2.34. The summed E-state index contributed by atoms with van der Waals surface area (Å²) in [5.74, 6) is 0.145. The van der Waals surface area contributed by atoms with Gasteiger partial charge in [-0.05, 0) is 49.2 Å². The molecule has 0 saturated carbocycles. The summed E-state index contributed by atoms with van der Waals surface area (Å²) in [4.78, 5) is 24.2. The molecule has 0 aliphatic heterocycles. The van der Waals surface area contributed by atoms with Gasteiger partial charge < -0.3 is 19.5 Å². The van der Waals surface area contributed by atoms with E-state index in [1.165, 1.54) is 20.1 Å². The van der Waals surface area contributed by atoms with Crippen molar-refractivity contribution in [2.75, 3.05) is 19.5 Å². The average molecular weight is 369 g/mol. The van der Waals surface area contributed by atoms with Crippen LogP contribution in [0, 0.1) is 6.92 Å². The van der Waals surface area contributed by atoms with Crippen molar-refractivity contribution in [3.8, 4) is 11.5 Å². The maximum absolute atomic E-state index is 12.2. The van der Waals surface area contributed by atoms with Gasteiger partial charge in [-0.2, -0.15) is 0 Å². The van der Waals surface area contributed by atoms with Crippen molar-refractivity contribution in [2.24, 2.45) is 0 Å². The maximum atomic E-state index is 12.2. The van der Waals surface area contributed by atoms with E-state index in [1.807, 2.05) is 25.1 Å². The highest BCUT2D eigenvalue weighted by atomic mass is 16.5. The largest absolute Gasteiger partial charge is 0.493 e. The lowest BCUT2D eigenvalue weighted by atomic mass is 10.2. The second-order valence-electron chi connectivity index (χ2n) is 5.83. The lowest BCUT2D eigenvalue weighted by molar-refractivity contribution is -0.148. The zero-order valence-corrected chi connectivity index (χ0v) is 15.8. The Labute approximate surface area is 158 Å². The monoisotopic (exact) mass is 369 g/mol. The minimum Gasteiger partial charge on any atom is -0.493 e. The van der Waals surface area contributed by atoms with E-state index in [9.17, 15) is 9.59 Å². The molecule has 142 valence electrons. The number of para-hydroxylation sites is 1. The zero-order valence-electron chi connectivity index (χ0n) is 15.8. The first-order chi connectivity index (χ1) is 12.9. The number of carbonyl (C=O) groups excluding carboxylic acids is 2. The SMILES string of the molecule is COc1ccc(/C=C/C(=O)O[C@@H](C)C(=O)Nc2ccccc2C)cc1OC. The molecule has 1 atom stereocenters. The van der Waals surface area contributed by atoms with Crippen LogP contribution in [-0.2, 0) is 14.3 Å². The van der Waals surface area contributed by atoms with Crippen LogP contribution in [0.15, 0.2) is 48.5 Å². The second-order valence-corrected chi connectivity index (χ2v) is 5.83. The molecule has 2 aromatic rings. The van der Waals surface area contributed by atoms with Gasteiger partial charge in [-0.25, -0.2) is 4.79 Å². The smallest absolute Gasteiger partial charge is 0.331 e.